The lowest BCUT2D eigenvalue weighted by atomic mass is 10.1. The number of hydrogen-bond donors (Lipinski definition) is 4. The van der Waals surface area contributed by atoms with Crippen molar-refractivity contribution in [2.45, 2.75) is 31.8 Å². The molecular formula is C27H26N6O3. The van der Waals surface area contributed by atoms with Crippen LogP contribution in [0.1, 0.15) is 25.7 Å². The molecule has 0 saturated heterocycles. The number of phenolic OH excluding ortho intramolecular Hbond substituents is 1. The molecule has 182 valence electrons. The molecule has 1 fully saturated rings. The number of aromatic amines is 2. The van der Waals surface area contributed by atoms with Gasteiger partial charge in [-0.2, -0.15) is 15.1 Å². The third kappa shape index (κ3) is 4.19. The van der Waals surface area contributed by atoms with E-state index in [1.54, 1.807) is 25.4 Å². The zero-order valence-electron chi connectivity index (χ0n) is 19.8. The number of nitrogens with one attached hydrogen (secondary N) is 3. The summed E-state index contributed by atoms with van der Waals surface area (Å²) in [4.78, 5) is 12.8. The van der Waals surface area contributed by atoms with Gasteiger partial charge >= 0.3 is 0 Å². The van der Waals surface area contributed by atoms with Gasteiger partial charge in [-0.25, -0.2) is 0 Å². The molecule has 1 aliphatic rings. The smallest absolute Gasteiger partial charge is 0.232 e. The molecule has 4 N–H and O–H groups in total. The van der Waals surface area contributed by atoms with Crippen LogP contribution < -0.4 is 14.8 Å². The maximum absolute atomic E-state index is 9.72. The van der Waals surface area contributed by atoms with Gasteiger partial charge in [0.1, 0.15) is 23.3 Å². The Morgan fingerprint density at radius 2 is 1.78 bits per heavy atom. The highest BCUT2D eigenvalue weighted by Gasteiger charge is 2.22. The second-order valence-electron chi connectivity index (χ2n) is 8.88. The van der Waals surface area contributed by atoms with Gasteiger partial charge in [0, 0.05) is 23.5 Å². The van der Waals surface area contributed by atoms with Crippen molar-refractivity contribution in [1.29, 1.82) is 0 Å². The number of H-pyrrole nitrogens is 2. The first kappa shape index (κ1) is 22.0. The van der Waals surface area contributed by atoms with E-state index in [-0.39, 0.29) is 11.9 Å². The van der Waals surface area contributed by atoms with Crippen molar-refractivity contribution in [2.24, 2.45) is 0 Å². The Morgan fingerprint density at radius 1 is 0.972 bits per heavy atom. The minimum atomic E-state index is 0.127. The van der Waals surface area contributed by atoms with Gasteiger partial charge in [0.2, 0.25) is 11.8 Å². The van der Waals surface area contributed by atoms with E-state index in [2.05, 4.69) is 20.5 Å². The fourth-order valence-electron chi connectivity index (χ4n) is 4.68. The van der Waals surface area contributed by atoms with Crippen LogP contribution in [0.15, 0.2) is 61.1 Å². The number of benzene rings is 2. The lowest BCUT2D eigenvalue weighted by Gasteiger charge is -2.16. The topological polar surface area (TPSA) is 121 Å². The molecule has 1 saturated carbocycles. The van der Waals surface area contributed by atoms with Crippen LogP contribution in [0.2, 0.25) is 0 Å². The summed E-state index contributed by atoms with van der Waals surface area (Å²) >= 11 is 0. The molecule has 0 atom stereocenters. The van der Waals surface area contributed by atoms with Crippen molar-refractivity contribution >= 4 is 22.7 Å². The van der Waals surface area contributed by atoms with Crippen LogP contribution in [0.5, 0.6) is 17.4 Å². The molecule has 36 heavy (non-hydrogen) atoms. The van der Waals surface area contributed by atoms with Gasteiger partial charge in [0.15, 0.2) is 0 Å². The van der Waals surface area contributed by atoms with Crippen LogP contribution in [0, 0.1) is 0 Å². The predicted molar refractivity (Wildman–Crippen MR) is 138 cm³/mol. The van der Waals surface area contributed by atoms with Crippen LogP contribution in [0.3, 0.4) is 0 Å². The van der Waals surface area contributed by atoms with E-state index in [1.165, 1.54) is 0 Å². The Balaban J connectivity index is 1.40. The summed E-state index contributed by atoms with van der Waals surface area (Å²) in [6.45, 7) is 0. The normalized spacial score (nSPS) is 13.8. The van der Waals surface area contributed by atoms with Crippen LogP contribution in [0.4, 0.5) is 11.6 Å². The largest absolute Gasteiger partial charge is 0.508 e. The maximum Gasteiger partial charge on any atom is 0.232 e. The summed E-state index contributed by atoms with van der Waals surface area (Å²) < 4.78 is 12.1. The van der Waals surface area contributed by atoms with Crippen LogP contribution in [-0.2, 0) is 0 Å². The van der Waals surface area contributed by atoms with Crippen LogP contribution in [0.25, 0.3) is 33.3 Å². The number of ether oxygens (including phenoxy) is 2. The van der Waals surface area contributed by atoms with E-state index in [4.69, 9.17) is 19.4 Å². The van der Waals surface area contributed by atoms with Gasteiger partial charge in [-0.05, 0) is 61.1 Å². The lowest BCUT2D eigenvalue weighted by Crippen LogP contribution is -2.13. The number of nitrogens with zero attached hydrogens (tertiary/aromatic N) is 3. The predicted octanol–water partition coefficient (Wildman–Crippen LogP) is 5.79. The number of aromatic hydroxyl groups is 1. The molecule has 9 nitrogen and oxygen atoms in total. The number of methoxy groups -OCH3 is 1. The molecule has 0 unspecified atom stereocenters. The van der Waals surface area contributed by atoms with E-state index in [9.17, 15) is 5.11 Å². The number of anilines is 2. The third-order valence-electron chi connectivity index (χ3n) is 6.54. The first-order valence-corrected chi connectivity index (χ1v) is 12.0. The average molecular weight is 483 g/mol. The Morgan fingerprint density at radius 3 is 2.53 bits per heavy atom. The second kappa shape index (κ2) is 9.26. The molecular weight excluding hydrogens is 456 g/mol. The van der Waals surface area contributed by atoms with Crippen LogP contribution >= 0.6 is 0 Å². The highest BCUT2D eigenvalue weighted by Crippen LogP contribution is 2.38. The van der Waals surface area contributed by atoms with Gasteiger partial charge in [-0.15, -0.1) is 0 Å². The summed E-state index contributed by atoms with van der Waals surface area (Å²) in [6, 6.07) is 12.9. The highest BCUT2D eigenvalue weighted by atomic mass is 16.5. The molecule has 0 spiro atoms. The van der Waals surface area contributed by atoms with Crippen LogP contribution in [-0.4, -0.2) is 43.5 Å². The second-order valence-corrected chi connectivity index (χ2v) is 8.88. The molecule has 9 heteroatoms. The zero-order chi connectivity index (χ0) is 24.5. The monoisotopic (exact) mass is 482 g/mol. The number of fused-ring (bicyclic) bond motifs is 1. The quantitative estimate of drug-likeness (QED) is 0.231. The summed E-state index contributed by atoms with van der Waals surface area (Å²) in [5, 5.41) is 20.7. The van der Waals surface area contributed by atoms with Gasteiger partial charge < -0.3 is 24.9 Å². The minimum Gasteiger partial charge on any atom is -0.508 e. The van der Waals surface area contributed by atoms with Crippen molar-refractivity contribution in [1.82, 2.24) is 25.1 Å². The van der Waals surface area contributed by atoms with Crippen molar-refractivity contribution in [3.05, 3.63) is 61.1 Å². The molecule has 2 aromatic carbocycles. The maximum atomic E-state index is 9.72. The average Bonchev–Trinajstić information content (AvgIpc) is 3.67. The molecule has 3 aromatic heterocycles. The molecule has 1 aliphatic carbocycles. The van der Waals surface area contributed by atoms with Gasteiger partial charge in [-0.1, -0.05) is 18.2 Å². The number of rotatable bonds is 7. The summed E-state index contributed by atoms with van der Waals surface area (Å²) in [6.07, 6.45) is 9.96. The SMILES string of the molecule is COc1cc(-c2cn[nH]c2)ccc1Nc1nc(OC2CCCC2)c2c(-c3ccc(O)cc3)c[nH]c2n1. The van der Waals surface area contributed by atoms with Crippen molar-refractivity contribution < 1.29 is 14.6 Å². The Labute approximate surface area is 207 Å². The van der Waals surface area contributed by atoms with Gasteiger partial charge in [-0.3, -0.25) is 5.10 Å². The minimum absolute atomic E-state index is 0.127. The van der Waals surface area contributed by atoms with Crippen molar-refractivity contribution in [2.75, 3.05) is 12.4 Å². The fourth-order valence-corrected chi connectivity index (χ4v) is 4.68. The Bertz CT molecular complexity index is 1490. The summed E-state index contributed by atoms with van der Waals surface area (Å²) in [5.41, 5.74) is 5.22. The highest BCUT2D eigenvalue weighted by molar-refractivity contribution is 5.98. The molecule has 6 rings (SSSR count). The zero-order valence-corrected chi connectivity index (χ0v) is 19.8. The molecule has 3 heterocycles. The standard InChI is InChI=1S/C27H26N6O3/c1-35-23-12-17(18-13-29-30-14-18)8-11-22(23)31-27-32-25-24(26(33-27)36-20-4-2-3-5-20)21(15-28-25)16-6-9-19(34)10-7-16/h6-15,20,34H,2-5H2,1H3,(H,29,30)(H2,28,31,32,33). The molecule has 0 bridgehead atoms. The van der Waals surface area contributed by atoms with E-state index in [0.717, 1.165) is 59.0 Å². The van der Waals surface area contributed by atoms with Crippen molar-refractivity contribution in [3.8, 4) is 39.6 Å². The van der Waals surface area contributed by atoms with Crippen molar-refractivity contribution in [3.63, 3.8) is 0 Å². The number of hydrogen-bond acceptors (Lipinski definition) is 7. The van der Waals surface area contributed by atoms with E-state index in [0.29, 0.717) is 23.2 Å². The molecule has 0 aliphatic heterocycles. The van der Waals surface area contributed by atoms with E-state index in [1.807, 2.05) is 42.7 Å². The lowest BCUT2D eigenvalue weighted by molar-refractivity contribution is 0.204. The van der Waals surface area contributed by atoms with E-state index < -0.39 is 0 Å². The fraction of sp³-hybridized carbons (Fsp3) is 0.222. The Hall–Kier alpha value is -4.53. The third-order valence-corrected chi connectivity index (χ3v) is 6.54. The molecule has 0 amide bonds. The first-order chi connectivity index (χ1) is 17.7. The number of phenols is 1. The molecule has 5 aromatic rings. The van der Waals surface area contributed by atoms with Gasteiger partial charge in [0.05, 0.1) is 24.4 Å². The number of aromatic nitrogens is 5. The van der Waals surface area contributed by atoms with E-state index >= 15 is 0 Å². The Kier molecular flexibility index (Phi) is 5.65. The molecule has 0 radical (unpaired) electrons. The first-order valence-electron chi connectivity index (χ1n) is 12.0. The van der Waals surface area contributed by atoms with Gasteiger partial charge in [0.25, 0.3) is 0 Å². The summed E-state index contributed by atoms with van der Waals surface area (Å²) in [7, 11) is 1.63. The summed E-state index contributed by atoms with van der Waals surface area (Å²) in [5.74, 6) is 1.82.